The van der Waals surface area contributed by atoms with Crippen LogP contribution in [-0.4, -0.2) is 15.8 Å². The number of nitrogens with one attached hydrogen (secondary N) is 1. The molecule has 0 aromatic carbocycles. The zero-order valence-corrected chi connectivity index (χ0v) is 8.31. The third-order valence-electron chi connectivity index (χ3n) is 2.48. The average Bonchev–Trinajstić information content (AvgIpc) is 2.72. The fraction of sp³-hybridized carbons (Fsp3) is 0.667. The van der Waals surface area contributed by atoms with Crippen molar-refractivity contribution in [3.05, 3.63) is 16.6 Å². The number of thiazole rings is 1. The van der Waals surface area contributed by atoms with Crippen molar-refractivity contribution in [3.63, 3.8) is 0 Å². The largest absolute Gasteiger partial charge is 0.376 e. The Balaban J connectivity index is 1.85. The first-order chi connectivity index (χ1) is 6.29. The van der Waals surface area contributed by atoms with Gasteiger partial charge in [0.05, 0.1) is 6.54 Å². The smallest absolute Gasteiger partial charge is 0.116 e. The standard InChI is InChI=1S/C9H14N2OS/c12-9(3-1-2-4-9)11-7-8-10-5-6-13-8/h5-6,11-12H,1-4,7H2. The SMILES string of the molecule is OC1(NCc2nccs2)CCCC1. The van der Waals surface area contributed by atoms with E-state index in [1.54, 1.807) is 17.5 Å². The Morgan fingerprint density at radius 3 is 2.92 bits per heavy atom. The molecule has 0 atom stereocenters. The normalized spacial score (nSPS) is 20.7. The molecule has 0 aliphatic heterocycles. The second kappa shape index (κ2) is 3.74. The van der Waals surface area contributed by atoms with E-state index in [1.807, 2.05) is 5.38 Å². The van der Waals surface area contributed by atoms with Gasteiger partial charge < -0.3 is 5.11 Å². The maximum atomic E-state index is 9.96. The molecule has 1 aliphatic carbocycles. The van der Waals surface area contributed by atoms with Crippen molar-refractivity contribution in [2.45, 2.75) is 38.0 Å². The molecular formula is C9H14N2OS. The number of hydrogen-bond donors (Lipinski definition) is 2. The van der Waals surface area contributed by atoms with Crippen LogP contribution >= 0.6 is 11.3 Å². The molecule has 1 heterocycles. The Hall–Kier alpha value is -0.450. The lowest BCUT2D eigenvalue weighted by molar-refractivity contribution is 0.0104. The summed E-state index contributed by atoms with van der Waals surface area (Å²) in [5, 5.41) is 16.1. The van der Waals surface area contributed by atoms with Crippen LogP contribution < -0.4 is 5.32 Å². The van der Waals surface area contributed by atoms with Gasteiger partial charge in [0.15, 0.2) is 0 Å². The van der Waals surface area contributed by atoms with Crippen molar-refractivity contribution in [1.82, 2.24) is 10.3 Å². The van der Waals surface area contributed by atoms with Gasteiger partial charge in [0.1, 0.15) is 10.7 Å². The summed E-state index contributed by atoms with van der Waals surface area (Å²) in [5.74, 6) is 0. The fourth-order valence-electron chi connectivity index (χ4n) is 1.72. The Morgan fingerprint density at radius 2 is 2.31 bits per heavy atom. The number of hydrogen-bond acceptors (Lipinski definition) is 4. The highest BCUT2D eigenvalue weighted by atomic mass is 32.1. The van der Waals surface area contributed by atoms with E-state index < -0.39 is 5.72 Å². The quantitative estimate of drug-likeness (QED) is 0.723. The van der Waals surface area contributed by atoms with Crippen LogP contribution in [0, 0.1) is 0 Å². The molecule has 0 saturated heterocycles. The van der Waals surface area contributed by atoms with Crippen LogP contribution in [0.3, 0.4) is 0 Å². The van der Waals surface area contributed by atoms with Crippen LogP contribution in [-0.2, 0) is 6.54 Å². The molecule has 1 saturated carbocycles. The summed E-state index contributed by atoms with van der Waals surface area (Å²) >= 11 is 1.62. The lowest BCUT2D eigenvalue weighted by Gasteiger charge is -2.22. The molecule has 0 amide bonds. The van der Waals surface area contributed by atoms with Crippen LogP contribution in [0.25, 0.3) is 0 Å². The van der Waals surface area contributed by atoms with Crippen LogP contribution in [0.4, 0.5) is 0 Å². The van der Waals surface area contributed by atoms with Gasteiger partial charge in [0.2, 0.25) is 0 Å². The topological polar surface area (TPSA) is 45.1 Å². The Bertz CT molecular complexity index is 255. The number of rotatable bonds is 3. The van der Waals surface area contributed by atoms with Crippen molar-refractivity contribution < 1.29 is 5.11 Å². The summed E-state index contributed by atoms with van der Waals surface area (Å²) in [5.41, 5.74) is -0.619. The average molecular weight is 198 g/mol. The Kier molecular flexibility index (Phi) is 2.62. The summed E-state index contributed by atoms with van der Waals surface area (Å²) in [6, 6.07) is 0. The molecule has 72 valence electrons. The second-order valence-electron chi connectivity index (χ2n) is 3.52. The number of aromatic nitrogens is 1. The van der Waals surface area contributed by atoms with E-state index in [4.69, 9.17) is 0 Å². The van der Waals surface area contributed by atoms with E-state index in [0.717, 1.165) is 30.7 Å². The van der Waals surface area contributed by atoms with E-state index in [9.17, 15) is 5.11 Å². The maximum absolute atomic E-state index is 9.96. The van der Waals surface area contributed by atoms with Crippen molar-refractivity contribution in [2.75, 3.05) is 0 Å². The van der Waals surface area contributed by atoms with Crippen LogP contribution in [0.1, 0.15) is 30.7 Å². The monoisotopic (exact) mass is 198 g/mol. The zero-order chi connectivity index (χ0) is 9.15. The van der Waals surface area contributed by atoms with E-state index >= 15 is 0 Å². The van der Waals surface area contributed by atoms with E-state index in [1.165, 1.54) is 0 Å². The van der Waals surface area contributed by atoms with Gasteiger partial charge in [0, 0.05) is 11.6 Å². The van der Waals surface area contributed by atoms with Crippen LogP contribution in [0.15, 0.2) is 11.6 Å². The highest BCUT2D eigenvalue weighted by molar-refractivity contribution is 7.09. The van der Waals surface area contributed by atoms with E-state index in [-0.39, 0.29) is 0 Å². The first kappa shape index (κ1) is 9.12. The minimum Gasteiger partial charge on any atom is -0.376 e. The van der Waals surface area contributed by atoms with Gasteiger partial charge in [-0.1, -0.05) is 0 Å². The summed E-state index contributed by atoms with van der Waals surface area (Å²) in [6.07, 6.45) is 5.79. The van der Waals surface area contributed by atoms with Gasteiger partial charge in [-0.3, -0.25) is 5.32 Å². The Morgan fingerprint density at radius 1 is 1.54 bits per heavy atom. The molecule has 0 radical (unpaired) electrons. The van der Waals surface area contributed by atoms with Gasteiger partial charge in [-0.25, -0.2) is 4.98 Å². The van der Waals surface area contributed by atoms with Crippen molar-refractivity contribution in [1.29, 1.82) is 0 Å². The molecule has 4 heteroatoms. The first-order valence-corrected chi connectivity index (χ1v) is 5.52. The highest BCUT2D eigenvalue weighted by Gasteiger charge is 2.30. The summed E-state index contributed by atoms with van der Waals surface area (Å²) in [7, 11) is 0. The lowest BCUT2D eigenvalue weighted by Crippen LogP contribution is -2.41. The van der Waals surface area contributed by atoms with Gasteiger partial charge in [-0.05, 0) is 25.7 Å². The van der Waals surface area contributed by atoms with Crippen molar-refractivity contribution >= 4 is 11.3 Å². The summed E-state index contributed by atoms with van der Waals surface area (Å²) in [6.45, 7) is 0.689. The molecule has 1 aliphatic rings. The molecule has 0 spiro atoms. The first-order valence-electron chi connectivity index (χ1n) is 4.64. The van der Waals surface area contributed by atoms with Crippen LogP contribution in [0.5, 0.6) is 0 Å². The second-order valence-corrected chi connectivity index (χ2v) is 4.50. The lowest BCUT2D eigenvalue weighted by atomic mass is 10.2. The van der Waals surface area contributed by atoms with Gasteiger partial charge >= 0.3 is 0 Å². The van der Waals surface area contributed by atoms with Crippen molar-refractivity contribution in [3.8, 4) is 0 Å². The summed E-state index contributed by atoms with van der Waals surface area (Å²) < 4.78 is 0. The summed E-state index contributed by atoms with van der Waals surface area (Å²) in [4.78, 5) is 4.15. The number of nitrogens with zero attached hydrogens (tertiary/aromatic N) is 1. The molecule has 1 fully saturated rings. The molecule has 13 heavy (non-hydrogen) atoms. The molecule has 1 aromatic rings. The third kappa shape index (κ3) is 2.27. The molecule has 0 bridgehead atoms. The minimum absolute atomic E-state index is 0.619. The molecule has 1 aromatic heterocycles. The minimum atomic E-state index is -0.619. The zero-order valence-electron chi connectivity index (χ0n) is 7.49. The van der Waals surface area contributed by atoms with E-state index in [0.29, 0.717) is 6.54 Å². The highest BCUT2D eigenvalue weighted by Crippen LogP contribution is 2.27. The van der Waals surface area contributed by atoms with Crippen molar-refractivity contribution in [2.24, 2.45) is 0 Å². The fourth-order valence-corrected chi connectivity index (χ4v) is 2.27. The van der Waals surface area contributed by atoms with Gasteiger partial charge in [0.25, 0.3) is 0 Å². The molecular weight excluding hydrogens is 184 g/mol. The Labute approximate surface area is 81.8 Å². The van der Waals surface area contributed by atoms with Gasteiger partial charge in [-0.15, -0.1) is 11.3 Å². The predicted molar refractivity (Wildman–Crippen MR) is 52.4 cm³/mol. The molecule has 0 unspecified atom stereocenters. The number of aliphatic hydroxyl groups is 1. The van der Waals surface area contributed by atoms with E-state index in [2.05, 4.69) is 10.3 Å². The maximum Gasteiger partial charge on any atom is 0.116 e. The third-order valence-corrected chi connectivity index (χ3v) is 3.26. The predicted octanol–water partition coefficient (Wildman–Crippen LogP) is 1.50. The molecule has 3 nitrogen and oxygen atoms in total. The van der Waals surface area contributed by atoms with Gasteiger partial charge in [-0.2, -0.15) is 0 Å². The van der Waals surface area contributed by atoms with Crippen LogP contribution in [0.2, 0.25) is 0 Å². The molecule has 2 N–H and O–H groups in total. The molecule has 2 rings (SSSR count).